The molecule has 1 atom stereocenters. The first-order valence-corrected chi connectivity index (χ1v) is 12.7. The molecule has 1 amide bonds. The molecule has 0 spiro atoms. The summed E-state index contributed by atoms with van der Waals surface area (Å²) in [5.41, 5.74) is 0.839. The fraction of sp³-hybridized carbons (Fsp3) is 0.172. The van der Waals surface area contributed by atoms with Gasteiger partial charge in [0.25, 0.3) is 5.91 Å². The first kappa shape index (κ1) is 27.0. The number of carbonyl (C=O) groups is 1. The maximum Gasteiger partial charge on any atom is 0.425 e. The van der Waals surface area contributed by atoms with Crippen LogP contribution in [0.4, 0.5) is 13.2 Å². The Kier molecular flexibility index (Phi) is 7.29. The molecule has 0 saturated carbocycles. The van der Waals surface area contributed by atoms with Crippen molar-refractivity contribution in [1.29, 1.82) is 0 Å². The van der Waals surface area contributed by atoms with E-state index in [0.29, 0.717) is 28.8 Å². The zero-order chi connectivity index (χ0) is 27.8. The molecule has 0 radical (unpaired) electrons. The van der Waals surface area contributed by atoms with Gasteiger partial charge in [-0.15, -0.1) is 0 Å². The molecule has 0 fully saturated rings. The Balaban J connectivity index is 1.33. The molecule has 200 valence electrons. The van der Waals surface area contributed by atoms with E-state index in [4.69, 9.17) is 27.9 Å². The van der Waals surface area contributed by atoms with Crippen molar-refractivity contribution in [2.75, 3.05) is 6.61 Å². The lowest BCUT2D eigenvalue weighted by atomic mass is 9.90. The van der Waals surface area contributed by atoms with Crippen molar-refractivity contribution in [3.8, 4) is 5.69 Å². The lowest BCUT2D eigenvalue weighted by Gasteiger charge is -2.30. The fourth-order valence-electron chi connectivity index (χ4n) is 4.53. The second-order valence-corrected chi connectivity index (χ2v) is 10.1. The Bertz CT molecular complexity index is 1530. The van der Waals surface area contributed by atoms with Gasteiger partial charge in [0.05, 0.1) is 12.3 Å². The van der Waals surface area contributed by atoms with E-state index in [0.717, 1.165) is 17.3 Å². The summed E-state index contributed by atoms with van der Waals surface area (Å²) in [6.45, 7) is 1.78. The van der Waals surface area contributed by atoms with E-state index in [2.05, 4.69) is 10.4 Å². The standard InChI is InChI=1S/C29H22Cl2F3N3O2/c1-18-11-20(21-15-28(39-17-21,29(32,33)34)22-12-23(30)14-24(31)13-22)5-8-26(18)27(38)35-16-19-3-6-25(7-4-19)37-10-2-9-36-37/h2-15H,16-17H2,1H3,(H,35,38). The van der Waals surface area contributed by atoms with E-state index < -0.39 is 11.8 Å². The van der Waals surface area contributed by atoms with Crippen LogP contribution in [-0.2, 0) is 16.9 Å². The molecule has 1 aliphatic rings. The number of nitrogens with zero attached hydrogens (tertiary/aromatic N) is 2. The highest BCUT2D eigenvalue weighted by Crippen LogP contribution is 2.49. The zero-order valence-electron chi connectivity index (χ0n) is 20.6. The summed E-state index contributed by atoms with van der Waals surface area (Å²) in [7, 11) is 0. The lowest BCUT2D eigenvalue weighted by Crippen LogP contribution is -2.41. The number of aryl methyl sites for hydroxylation is 1. The Hall–Kier alpha value is -3.59. The number of halogens is 5. The molecule has 1 aliphatic heterocycles. The molecule has 1 unspecified atom stereocenters. The molecule has 0 aliphatic carbocycles. The van der Waals surface area contributed by atoms with Crippen LogP contribution in [-0.4, -0.2) is 28.5 Å². The molecule has 5 rings (SSSR count). The van der Waals surface area contributed by atoms with Gasteiger partial charge in [-0.1, -0.05) is 47.5 Å². The summed E-state index contributed by atoms with van der Waals surface area (Å²) < 4.78 is 50.0. The topological polar surface area (TPSA) is 56.1 Å². The van der Waals surface area contributed by atoms with Gasteiger partial charge in [-0.2, -0.15) is 18.3 Å². The van der Waals surface area contributed by atoms with E-state index in [1.54, 1.807) is 36.0 Å². The largest absolute Gasteiger partial charge is 0.425 e. The van der Waals surface area contributed by atoms with Gasteiger partial charge in [0.1, 0.15) is 0 Å². The van der Waals surface area contributed by atoms with Crippen LogP contribution in [0.5, 0.6) is 0 Å². The van der Waals surface area contributed by atoms with Crippen molar-refractivity contribution in [2.24, 2.45) is 0 Å². The minimum Gasteiger partial charge on any atom is -0.352 e. The fourth-order valence-corrected chi connectivity index (χ4v) is 5.06. The SMILES string of the molecule is Cc1cc(C2=CC(c3cc(Cl)cc(Cl)c3)(C(F)(F)F)OC2)ccc1C(=O)NCc1ccc(-n2cccn2)cc1. The van der Waals surface area contributed by atoms with Crippen molar-refractivity contribution in [1.82, 2.24) is 15.1 Å². The number of nitrogens with one attached hydrogen (secondary N) is 1. The Morgan fingerprint density at radius 2 is 1.79 bits per heavy atom. The highest BCUT2D eigenvalue weighted by molar-refractivity contribution is 6.34. The van der Waals surface area contributed by atoms with E-state index in [-0.39, 0.29) is 28.1 Å². The average Bonchev–Trinajstić information content (AvgIpc) is 3.58. The van der Waals surface area contributed by atoms with Gasteiger partial charge >= 0.3 is 6.18 Å². The molecule has 39 heavy (non-hydrogen) atoms. The first-order chi connectivity index (χ1) is 18.6. The first-order valence-electron chi connectivity index (χ1n) is 11.9. The molecular formula is C29H22Cl2F3N3O2. The zero-order valence-corrected chi connectivity index (χ0v) is 22.1. The number of alkyl halides is 3. The third-order valence-electron chi connectivity index (χ3n) is 6.55. The minimum absolute atomic E-state index is 0.0756. The molecule has 0 saturated heterocycles. The van der Waals surface area contributed by atoms with Gasteiger partial charge in [0, 0.05) is 34.5 Å². The van der Waals surface area contributed by atoms with Crippen LogP contribution in [0.25, 0.3) is 11.3 Å². The third-order valence-corrected chi connectivity index (χ3v) is 6.98. The molecule has 3 aromatic carbocycles. The summed E-state index contributed by atoms with van der Waals surface area (Å²) in [6.07, 6.45) is -0.169. The van der Waals surface area contributed by atoms with Crippen LogP contribution in [0.2, 0.25) is 10.0 Å². The molecule has 0 bridgehead atoms. The highest BCUT2D eigenvalue weighted by atomic mass is 35.5. The molecule has 4 aromatic rings. The van der Waals surface area contributed by atoms with E-state index >= 15 is 0 Å². The number of rotatable bonds is 6. The Labute approximate surface area is 232 Å². The van der Waals surface area contributed by atoms with Crippen LogP contribution in [0.15, 0.2) is 85.2 Å². The van der Waals surface area contributed by atoms with Gasteiger partial charge in [-0.3, -0.25) is 4.79 Å². The molecule has 5 nitrogen and oxygen atoms in total. The van der Waals surface area contributed by atoms with Crippen LogP contribution in [0, 0.1) is 6.92 Å². The second-order valence-electron chi connectivity index (χ2n) is 9.18. The summed E-state index contributed by atoms with van der Waals surface area (Å²) in [5.74, 6) is -0.287. The third kappa shape index (κ3) is 5.45. The number of benzene rings is 3. The van der Waals surface area contributed by atoms with Crippen molar-refractivity contribution in [2.45, 2.75) is 25.2 Å². The maximum absolute atomic E-state index is 14.3. The predicted molar refractivity (Wildman–Crippen MR) is 144 cm³/mol. The summed E-state index contributed by atoms with van der Waals surface area (Å²) in [4.78, 5) is 12.9. The Morgan fingerprint density at radius 3 is 2.41 bits per heavy atom. The quantitative estimate of drug-likeness (QED) is 0.264. The molecule has 1 N–H and O–H groups in total. The van der Waals surface area contributed by atoms with Crippen molar-refractivity contribution in [3.63, 3.8) is 0 Å². The number of ether oxygens (including phenoxy) is 1. The maximum atomic E-state index is 14.3. The Morgan fingerprint density at radius 1 is 1.08 bits per heavy atom. The van der Waals surface area contributed by atoms with Crippen LogP contribution in [0.3, 0.4) is 0 Å². The van der Waals surface area contributed by atoms with Crippen LogP contribution < -0.4 is 5.32 Å². The van der Waals surface area contributed by atoms with Crippen molar-refractivity contribution in [3.05, 3.63) is 123 Å². The van der Waals surface area contributed by atoms with Gasteiger partial charge < -0.3 is 10.1 Å². The average molecular weight is 572 g/mol. The highest BCUT2D eigenvalue weighted by Gasteiger charge is 2.58. The van der Waals surface area contributed by atoms with Crippen molar-refractivity contribution >= 4 is 34.7 Å². The number of amides is 1. The number of aromatic nitrogens is 2. The van der Waals surface area contributed by atoms with Crippen LogP contribution in [0.1, 0.15) is 32.6 Å². The van der Waals surface area contributed by atoms with Gasteiger partial charge in [0.15, 0.2) is 0 Å². The van der Waals surface area contributed by atoms with Gasteiger partial charge in [-0.05, 0) is 83.3 Å². The minimum atomic E-state index is -4.76. The normalized spacial score (nSPS) is 17.2. The molecule has 2 heterocycles. The van der Waals surface area contributed by atoms with Crippen LogP contribution >= 0.6 is 23.2 Å². The van der Waals surface area contributed by atoms with Gasteiger partial charge in [-0.25, -0.2) is 4.68 Å². The monoisotopic (exact) mass is 571 g/mol. The number of carbonyl (C=O) groups excluding carboxylic acids is 1. The molecular weight excluding hydrogens is 550 g/mol. The van der Waals surface area contributed by atoms with E-state index in [9.17, 15) is 18.0 Å². The van der Waals surface area contributed by atoms with Gasteiger partial charge in [0.2, 0.25) is 5.60 Å². The van der Waals surface area contributed by atoms with Crippen molar-refractivity contribution < 1.29 is 22.7 Å². The number of hydrogen-bond acceptors (Lipinski definition) is 3. The molecule has 10 heteroatoms. The van der Waals surface area contributed by atoms with E-state index in [1.807, 2.05) is 36.5 Å². The smallest absolute Gasteiger partial charge is 0.352 e. The number of hydrogen-bond donors (Lipinski definition) is 1. The van der Waals surface area contributed by atoms with E-state index in [1.165, 1.54) is 18.2 Å². The molecule has 1 aromatic heterocycles. The lowest BCUT2D eigenvalue weighted by molar-refractivity contribution is -0.254. The summed E-state index contributed by atoms with van der Waals surface area (Å²) >= 11 is 12.0. The summed E-state index contributed by atoms with van der Waals surface area (Å²) in [6, 6.07) is 18.1. The predicted octanol–water partition coefficient (Wildman–Crippen LogP) is 7.29. The summed E-state index contributed by atoms with van der Waals surface area (Å²) in [5, 5.41) is 7.23. The second kappa shape index (κ2) is 10.5.